The Kier molecular flexibility index (Phi) is 2.61. The topological polar surface area (TPSA) is 57.8 Å². The molecule has 0 aliphatic carbocycles. The van der Waals surface area contributed by atoms with E-state index in [-0.39, 0.29) is 11.0 Å². The zero-order valence-corrected chi connectivity index (χ0v) is 9.26. The standard InChI is InChI=1S/C11H17N3O/c1-8-13-9(6-10(15)14-8)11(2)4-3-5-12-7-11/h6,12H,3-5,7H2,1-2H3,(H,13,14,15)/t11-/m1/s1. The van der Waals surface area contributed by atoms with Crippen molar-refractivity contribution in [3.63, 3.8) is 0 Å². The van der Waals surface area contributed by atoms with Gasteiger partial charge in [0.1, 0.15) is 5.82 Å². The fourth-order valence-corrected chi connectivity index (χ4v) is 2.16. The molecule has 1 aromatic rings. The van der Waals surface area contributed by atoms with Crippen LogP contribution in [0.15, 0.2) is 10.9 Å². The van der Waals surface area contributed by atoms with E-state index in [0.29, 0.717) is 5.82 Å². The Morgan fingerprint density at radius 3 is 2.93 bits per heavy atom. The number of nitrogens with one attached hydrogen (secondary N) is 2. The third kappa shape index (κ3) is 2.09. The minimum Gasteiger partial charge on any atom is -0.316 e. The summed E-state index contributed by atoms with van der Waals surface area (Å²) in [7, 11) is 0. The van der Waals surface area contributed by atoms with Crippen LogP contribution in [0.2, 0.25) is 0 Å². The van der Waals surface area contributed by atoms with Crippen molar-refractivity contribution in [3.05, 3.63) is 27.9 Å². The Morgan fingerprint density at radius 1 is 1.53 bits per heavy atom. The highest BCUT2D eigenvalue weighted by atomic mass is 16.1. The van der Waals surface area contributed by atoms with E-state index in [4.69, 9.17) is 0 Å². The summed E-state index contributed by atoms with van der Waals surface area (Å²) in [6, 6.07) is 1.62. The third-order valence-electron chi connectivity index (χ3n) is 3.08. The highest BCUT2D eigenvalue weighted by Crippen LogP contribution is 2.28. The molecule has 2 heterocycles. The monoisotopic (exact) mass is 207 g/mol. The molecular formula is C11H17N3O. The van der Waals surface area contributed by atoms with Gasteiger partial charge in [-0.25, -0.2) is 4.98 Å². The van der Waals surface area contributed by atoms with Crippen LogP contribution in [0, 0.1) is 6.92 Å². The molecule has 15 heavy (non-hydrogen) atoms. The van der Waals surface area contributed by atoms with E-state index in [1.807, 2.05) is 6.92 Å². The molecule has 0 saturated carbocycles. The number of rotatable bonds is 1. The van der Waals surface area contributed by atoms with Gasteiger partial charge in [0.05, 0.1) is 5.69 Å². The van der Waals surface area contributed by atoms with Gasteiger partial charge >= 0.3 is 0 Å². The Morgan fingerprint density at radius 2 is 2.33 bits per heavy atom. The smallest absolute Gasteiger partial charge is 0.251 e. The molecule has 1 atom stereocenters. The van der Waals surface area contributed by atoms with Gasteiger partial charge in [0, 0.05) is 18.0 Å². The first-order valence-electron chi connectivity index (χ1n) is 5.39. The fraction of sp³-hybridized carbons (Fsp3) is 0.636. The van der Waals surface area contributed by atoms with E-state index in [9.17, 15) is 4.79 Å². The number of aromatic amines is 1. The predicted octanol–water partition coefficient (Wildman–Crippen LogP) is 0.719. The number of aryl methyl sites for hydroxylation is 1. The van der Waals surface area contributed by atoms with Gasteiger partial charge in [-0.05, 0) is 26.3 Å². The van der Waals surface area contributed by atoms with Crippen LogP contribution in [0.25, 0.3) is 0 Å². The number of piperidine rings is 1. The van der Waals surface area contributed by atoms with Gasteiger partial charge in [-0.1, -0.05) is 6.92 Å². The van der Waals surface area contributed by atoms with Crippen molar-refractivity contribution in [2.45, 2.75) is 32.1 Å². The van der Waals surface area contributed by atoms with Crippen LogP contribution in [0.1, 0.15) is 31.3 Å². The van der Waals surface area contributed by atoms with Gasteiger partial charge in [0.15, 0.2) is 0 Å². The number of hydrogen-bond acceptors (Lipinski definition) is 3. The first-order chi connectivity index (χ1) is 7.10. The van der Waals surface area contributed by atoms with Crippen LogP contribution in [-0.4, -0.2) is 23.1 Å². The first-order valence-corrected chi connectivity index (χ1v) is 5.39. The number of nitrogens with zero attached hydrogens (tertiary/aromatic N) is 1. The van der Waals surface area contributed by atoms with Crippen LogP contribution in [0.5, 0.6) is 0 Å². The molecule has 0 spiro atoms. The molecule has 1 aromatic heterocycles. The van der Waals surface area contributed by atoms with E-state index in [2.05, 4.69) is 22.2 Å². The largest absolute Gasteiger partial charge is 0.316 e. The molecule has 2 N–H and O–H groups in total. The maximum Gasteiger partial charge on any atom is 0.251 e. The van der Waals surface area contributed by atoms with Crippen LogP contribution < -0.4 is 10.9 Å². The Labute approximate surface area is 89.1 Å². The zero-order valence-electron chi connectivity index (χ0n) is 9.26. The summed E-state index contributed by atoms with van der Waals surface area (Å²) in [5.74, 6) is 0.698. The second-order valence-electron chi connectivity index (χ2n) is 4.56. The van der Waals surface area contributed by atoms with Gasteiger partial charge in [-0.15, -0.1) is 0 Å². The van der Waals surface area contributed by atoms with Crippen molar-refractivity contribution in [3.8, 4) is 0 Å². The molecule has 0 radical (unpaired) electrons. The summed E-state index contributed by atoms with van der Waals surface area (Å²) < 4.78 is 0. The summed E-state index contributed by atoms with van der Waals surface area (Å²) in [6.45, 7) is 5.96. The van der Waals surface area contributed by atoms with E-state index in [1.54, 1.807) is 6.07 Å². The summed E-state index contributed by atoms with van der Waals surface area (Å²) in [5.41, 5.74) is 0.873. The van der Waals surface area contributed by atoms with Gasteiger partial charge in [-0.2, -0.15) is 0 Å². The maximum absolute atomic E-state index is 11.4. The second-order valence-corrected chi connectivity index (χ2v) is 4.56. The maximum atomic E-state index is 11.4. The van der Waals surface area contributed by atoms with Crippen molar-refractivity contribution < 1.29 is 0 Å². The lowest BCUT2D eigenvalue weighted by Crippen LogP contribution is -2.42. The summed E-state index contributed by atoms with van der Waals surface area (Å²) >= 11 is 0. The van der Waals surface area contributed by atoms with Crippen LogP contribution in [0.3, 0.4) is 0 Å². The normalized spacial score (nSPS) is 26.5. The lowest BCUT2D eigenvalue weighted by atomic mass is 9.79. The molecule has 82 valence electrons. The molecule has 4 nitrogen and oxygen atoms in total. The third-order valence-corrected chi connectivity index (χ3v) is 3.08. The number of H-pyrrole nitrogens is 1. The SMILES string of the molecule is Cc1nc([C@]2(C)CCCNC2)cc(=O)[nH]1. The summed E-state index contributed by atoms with van der Waals surface area (Å²) in [6.07, 6.45) is 2.24. The Balaban J connectivity index is 2.38. The minimum absolute atomic E-state index is 0.0112. The van der Waals surface area contributed by atoms with Crippen LogP contribution in [0.4, 0.5) is 0 Å². The Bertz CT molecular complexity index is 405. The van der Waals surface area contributed by atoms with Crippen LogP contribution >= 0.6 is 0 Å². The molecule has 1 aliphatic rings. The van der Waals surface area contributed by atoms with Crippen LogP contribution in [-0.2, 0) is 5.41 Å². The van der Waals surface area contributed by atoms with E-state index in [1.165, 1.54) is 0 Å². The Hall–Kier alpha value is -1.16. The minimum atomic E-state index is -0.0516. The molecular weight excluding hydrogens is 190 g/mol. The van der Waals surface area contributed by atoms with E-state index < -0.39 is 0 Å². The van der Waals surface area contributed by atoms with Gasteiger partial charge in [-0.3, -0.25) is 4.79 Å². The summed E-state index contributed by atoms with van der Waals surface area (Å²) in [5, 5.41) is 3.36. The molecule has 1 fully saturated rings. The molecule has 1 aliphatic heterocycles. The van der Waals surface area contributed by atoms with Crippen molar-refractivity contribution in [2.24, 2.45) is 0 Å². The van der Waals surface area contributed by atoms with Gasteiger partial charge in [0.25, 0.3) is 5.56 Å². The lowest BCUT2D eigenvalue weighted by molar-refractivity contribution is 0.331. The van der Waals surface area contributed by atoms with Crippen molar-refractivity contribution in [1.82, 2.24) is 15.3 Å². The molecule has 4 heteroatoms. The average molecular weight is 207 g/mol. The summed E-state index contributed by atoms with van der Waals surface area (Å²) in [4.78, 5) is 18.5. The number of hydrogen-bond donors (Lipinski definition) is 2. The molecule has 0 aromatic carbocycles. The average Bonchev–Trinajstić information content (AvgIpc) is 2.17. The second kappa shape index (κ2) is 3.77. The van der Waals surface area contributed by atoms with Crippen molar-refractivity contribution in [1.29, 1.82) is 0 Å². The first kappa shape index (κ1) is 10.4. The van der Waals surface area contributed by atoms with Gasteiger partial charge in [0.2, 0.25) is 0 Å². The molecule has 2 rings (SSSR count). The molecule has 0 amide bonds. The molecule has 0 bridgehead atoms. The fourth-order valence-electron chi connectivity index (χ4n) is 2.16. The quantitative estimate of drug-likeness (QED) is 0.713. The lowest BCUT2D eigenvalue weighted by Gasteiger charge is -2.33. The highest BCUT2D eigenvalue weighted by Gasteiger charge is 2.30. The van der Waals surface area contributed by atoms with E-state index in [0.717, 1.165) is 31.6 Å². The van der Waals surface area contributed by atoms with E-state index >= 15 is 0 Å². The number of aromatic nitrogens is 2. The van der Waals surface area contributed by atoms with Gasteiger partial charge < -0.3 is 10.3 Å². The van der Waals surface area contributed by atoms with Crippen molar-refractivity contribution in [2.75, 3.05) is 13.1 Å². The van der Waals surface area contributed by atoms with Crippen molar-refractivity contribution >= 4 is 0 Å². The highest BCUT2D eigenvalue weighted by molar-refractivity contribution is 5.16. The predicted molar refractivity (Wildman–Crippen MR) is 59.1 cm³/mol. The zero-order chi connectivity index (χ0) is 10.9. The molecule has 1 saturated heterocycles. The molecule has 0 unspecified atom stereocenters.